The van der Waals surface area contributed by atoms with Crippen molar-refractivity contribution >= 4 is 11.9 Å². The van der Waals surface area contributed by atoms with Gasteiger partial charge in [-0.15, -0.1) is 0 Å². The fourth-order valence-electron chi connectivity index (χ4n) is 2.89. The fraction of sp³-hybridized carbons (Fsp3) is 0.167. The van der Waals surface area contributed by atoms with Gasteiger partial charge in [0.25, 0.3) is 5.91 Å². The second kappa shape index (κ2) is 10.1. The topological polar surface area (TPSA) is 55.8 Å². The molecule has 0 saturated heterocycles. The summed E-state index contributed by atoms with van der Waals surface area (Å²) in [7, 11) is 1.53. The van der Waals surface area contributed by atoms with Gasteiger partial charge in [0.15, 0.2) is 6.61 Å². The molecule has 3 rings (SSSR count). The second-order valence-corrected chi connectivity index (χ2v) is 6.53. The van der Waals surface area contributed by atoms with Gasteiger partial charge >= 0.3 is 5.97 Å². The molecular formula is C24H23NO4. The van der Waals surface area contributed by atoms with E-state index in [1.807, 2.05) is 60.7 Å². The highest BCUT2D eigenvalue weighted by Gasteiger charge is 2.18. The van der Waals surface area contributed by atoms with Crippen LogP contribution in [0.5, 0.6) is 5.75 Å². The Morgan fingerprint density at radius 1 is 0.793 bits per heavy atom. The zero-order valence-corrected chi connectivity index (χ0v) is 16.3. The van der Waals surface area contributed by atoms with Crippen LogP contribution >= 0.6 is 0 Å². The highest BCUT2D eigenvalue weighted by Crippen LogP contribution is 2.14. The zero-order chi connectivity index (χ0) is 20.5. The van der Waals surface area contributed by atoms with Crippen LogP contribution in [0.2, 0.25) is 0 Å². The third kappa shape index (κ3) is 5.94. The molecule has 1 amide bonds. The maximum Gasteiger partial charge on any atom is 0.338 e. The Balaban J connectivity index is 1.67. The molecule has 0 atom stereocenters. The van der Waals surface area contributed by atoms with E-state index in [1.165, 1.54) is 7.11 Å². The Kier molecular flexibility index (Phi) is 7.00. The molecule has 5 heteroatoms. The Morgan fingerprint density at radius 3 is 1.93 bits per heavy atom. The molecule has 0 heterocycles. The number of hydrogen-bond acceptors (Lipinski definition) is 4. The minimum Gasteiger partial charge on any atom is -0.497 e. The normalized spacial score (nSPS) is 10.2. The largest absolute Gasteiger partial charge is 0.497 e. The Bertz CT molecular complexity index is 900. The molecule has 148 valence electrons. The van der Waals surface area contributed by atoms with Crippen molar-refractivity contribution in [2.45, 2.75) is 13.1 Å². The van der Waals surface area contributed by atoms with Crippen molar-refractivity contribution in [3.05, 3.63) is 102 Å². The molecule has 3 aromatic carbocycles. The van der Waals surface area contributed by atoms with Crippen LogP contribution in [0.4, 0.5) is 0 Å². The molecule has 0 unspecified atom stereocenters. The van der Waals surface area contributed by atoms with Crippen LogP contribution in [-0.2, 0) is 22.6 Å². The van der Waals surface area contributed by atoms with Crippen molar-refractivity contribution in [1.29, 1.82) is 0 Å². The number of ether oxygens (including phenoxy) is 2. The molecule has 0 aromatic heterocycles. The lowest BCUT2D eigenvalue weighted by Crippen LogP contribution is -2.33. The van der Waals surface area contributed by atoms with E-state index in [0.717, 1.165) is 11.1 Å². The third-order valence-electron chi connectivity index (χ3n) is 4.42. The molecule has 0 aliphatic carbocycles. The van der Waals surface area contributed by atoms with E-state index in [4.69, 9.17) is 9.47 Å². The smallest absolute Gasteiger partial charge is 0.338 e. The van der Waals surface area contributed by atoms with Gasteiger partial charge in [-0.1, -0.05) is 66.7 Å². The first-order valence-corrected chi connectivity index (χ1v) is 9.32. The van der Waals surface area contributed by atoms with Gasteiger partial charge in [0, 0.05) is 13.1 Å². The molecule has 0 aliphatic rings. The van der Waals surface area contributed by atoms with Crippen molar-refractivity contribution in [3.63, 3.8) is 0 Å². The molecule has 0 spiro atoms. The van der Waals surface area contributed by atoms with Crippen LogP contribution in [0.3, 0.4) is 0 Å². The number of carbonyl (C=O) groups is 2. The summed E-state index contributed by atoms with van der Waals surface area (Å²) in [6.45, 7) is 0.548. The molecule has 29 heavy (non-hydrogen) atoms. The average Bonchev–Trinajstić information content (AvgIpc) is 2.78. The summed E-state index contributed by atoms with van der Waals surface area (Å²) in [5.74, 6) is -0.258. The number of methoxy groups -OCH3 is 1. The van der Waals surface area contributed by atoms with Crippen molar-refractivity contribution in [2.24, 2.45) is 0 Å². The number of rotatable bonds is 8. The lowest BCUT2D eigenvalue weighted by molar-refractivity contribution is -0.135. The van der Waals surface area contributed by atoms with Crippen LogP contribution < -0.4 is 4.74 Å². The van der Waals surface area contributed by atoms with Gasteiger partial charge < -0.3 is 14.4 Å². The summed E-state index contributed by atoms with van der Waals surface area (Å²) in [5.41, 5.74) is 2.36. The number of nitrogens with zero attached hydrogens (tertiary/aromatic N) is 1. The van der Waals surface area contributed by atoms with Crippen molar-refractivity contribution in [3.8, 4) is 5.75 Å². The molecule has 0 radical (unpaired) electrons. The minimum absolute atomic E-state index is 0.256. The number of hydrogen-bond donors (Lipinski definition) is 0. The molecule has 5 nitrogen and oxygen atoms in total. The van der Waals surface area contributed by atoms with Crippen LogP contribution in [0, 0.1) is 0 Å². The van der Waals surface area contributed by atoms with Gasteiger partial charge in [-0.3, -0.25) is 4.79 Å². The number of carbonyl (C=O) groups excluding carboxylic acids is 2. The molecule has 0 aliphatic heterocycles. The van der Waals surface area contributed by atoms with Gasteiger partial charge in [-0.25, -0.2) is 4.79 Å². The van der Waals surface area contributed by atoms with Crippen molar-refractivity contribution in [2.75, 3.05) is 13.7 Å². The molecule has 0 N–H and O–H groups in total. The third-order valence-corrected chi connectivity index (χ3v) is 4.42. The zero-order valence-electron chi connectivity index (χ0n) is 16.3. The second-order valence-electron chi connectivity index (χ2n) is 6.53. The van der Waals surface area contributed by atoms with Gasteiger partial charge in [-0.05, 0) is 29.3 Å². The first kappa shape index (κ1) is 20.1. The quantitative estimate of drug-likeness (QED) is 0.545. The van der Waals surface area contributed by atoms with E-state index < -0.39 is 5.97 Å². The van der Waals surface area contributed by atoms with E-state index in [2.05, 4.69) is 0 Å². The first-order valence-electron chi connectivity index (χ1n) is 9.32. The van der Waals surface area contributed by atoms with E-state index in [-0.39, 0.29) is 12.5 Å². The first-order chi connectivity index (χ1) is 14.2. The van der Waals surface area contributed by atoms with E-state index in [9.17, 15) is 9.59 Å². The van der Waals surface area contributed by atoms with Crippen molar-refractivity contribution in [1.82, 2.24) is 4.90 Å². The summed E-state index contributed by atoms with van der Waals surface area (Å²) in [4.78, 5) is 26.8. The SMILES string of the molecule is COc1cccc(C(=O)OCC(=O)N(Cc2ccccc2)Cc2ccccc2)c1. The average molecular weight is 389 g/mol. The van der Waals surface area contributed by atoms with E-state index >= 15 is 0 Å². The summed E-state index contributed by atoms with van der Waals surface area (Å²) in [6, 6.07) is 26.1. The van der Waals surface area contributed by atoms with Gasteiger partial charge in [0.2, 0.25) is 0 Å². The van der Waals surface area contributed by atoms with Crippen LogP contribution in [0.15, 0.2) is 84.9 Å². The summed E-state index contributed by atoms with van der Waals surface area (Å²) in [5, 5.41) is 0. The van der Waals surface area contributed by atoms with E-state index in [1.54, 1.807) is 29.2 Å². The highest BCUT2D eigenvalue weighted by atomic mass is 16.5. The summed E-state index contributed by atoms with van der Waals surface area (Å²) >= 11 is 0. The lowest BCUT2D eigenvalue weighted by Gasteiger charge is -2.23. The number of esters is 1. The summed E-state index contributed by atoms with van der Waals surface area (Å²) in [6.07, 6.45) is 0. The Hall–Kier alpha value is -3.60. The Morgan fingerprint density at radius 2 is 1.38 bits per heavy atom. The molecule has 0 saturated carbocycles. The fourth-order valence-corrected chi connectivity index (χ4v) is 2.89. The summed E-state index contributed by atoms with van der Waals surface area (Å²) < 4.78 is 10.4. The lowest BCUT2D eigenvalue weighted by atomic mass is 10.1. The predicted molar refractivity (Wildman–Crippen MR) is 110 cm³/mol. The van der Waals surface area contributed by atoms with Gasteiger partial charge in [0.1, 0.15) is 5.75 Å². The molecule has 0 bridgehead atoms. The van der Waals surface area contributed by atoms with Gasteiger partial charge in [-0.2, -0.15) is 0 Å². The molecular weight excluding hydrogens is 366 g/mol. The maximum atomic E-state index is 12.8. The van der Waals surface area contributed by atoms with Crippen molar-refractivity contribution < 1.29 is 19.1 Å². The Labute approximate surface area is 170 Å². The monoisotopic (exact) mass is 389 g/mol. The standard InChI is InChI=1S/C24H23NO4/c1-28-22-14-8-13-21(15-22)24(27)29-18-23(26)25(16-19-9-4-2-5-10-19)17-20-11-6-3-7-12-20/h2-15H,16-18H2,1H3. The maximum absolute atomic E-state index is 12.8. The van der Waals surface area contributed by atoms with E-state index in [0.29, 0.717) is 24.4 Å². The highest BCUT2D eigenvalue weighted by molar-refractivity contribution is 5.91. The molecule has 3 aromatic rings. The van der Waals surface area contributed by atoms with Crippen LogP contribution in [-0.4, -0.2) is 30.5 Å². The van der Waals surface area contributed by atoms with Crippen LogP contribution in [0.25, 0.3) is 0 Å². The predicted octanol–water partition coefficient (Wildman–Crippen LogP) is 4.08. The number of benzene rings is 3. The van der Waals surface area contributed by atoms with Crippen LogP contribution in [0.1, 0.15) is 21.5 Å². The van der Waals surface area contributed by atoms with Gasteiger partial charge in [0.05, 0.1) is 12.7 Å². The molecule has 0 fully saturated rings. The minimum atomic E-state index is -0.559. The number of amides is 1.